The number of anilines is 1. The van der Waals surface area contributed by atoms with E-state index in [2.05, 4.69) is 35.0 Å². The zero-order valence-corrected chi connectivity index (χ0v) is 21.5. The van der Waals surface area contributed by atoms with Crippen LogP contribution < -0.4 is 4.90 Å². The zero-order chi connectivity index (χ0) is 24.3. The molecule has 1 unspecified atom stereocenters. The molecule has 2 aromatic rings. The zero-order valence-electron chi connectivity index (χ0n) is 21.5. The van der Waals surface area contributed by atoms with Crippen LogP contribution in [0.15, 0.2) is 29.0 Å². The Labute approximate surface area is 204 Å². The Hall–Kier alpha value is -1.99. The van der Waals surface area contributed by atoms with Crippen LogP contribution in [-0.4, -0.2) is 54.1 Å². The predicted octanol–water partition coefficient (Wildman–Crippen LogP) is 6.35. The minimum atomic E-state index is -0.100. The number of nitrogens with zero attached hydrogens (tertiary/aromatic N) is 4. The molecule has 2 atom stereocenters. The smallest absolute Gasteiger partial charge is 0.319 e. The van der Waals surface area contributed by atoms with E-state index in [1.165, 1.54) is 30.4 Å². The second-order valence-corrected chi connectivity index (χ2v) is 9.26. The van der Waals surface area contributed by atoms with Crippen molar-refractivity contribution in [2.75, 3.05) is 37.9 Å². The highest BCUT2D eigenvalue weighted by Crippen LogP contribution is 2.37. The molecule has 2 aliphatic rings. The van der Waals surface area contributed by atoms with Gasteiger partial charge in [-0.25, -0.2) is 4.39 Å². The Morgan fingerprint density at radius 1 is 1.12 bits per heavy atom. The van der Waals surface area contributed by atoms with E-state index in [1.54, 1.807) is 6.07 Å². The molecule has 2 aliphatic heterocycles. The molecule has 4 rings (SSSR count). The van der Waals surface area contributed by atoms with Crippen molar-refractivity contribution >= 4 is 6.01 Å². The van der Waals surface area contributed by atoms with Gasteiger partial charge < -0.3 is 14.1 Å². The van der Waals surface area contributed by atoms with Gasteiger partial charge in [-0.2, -0.15) is 0 Å². The number of aromatic nitrogens is 2. The van der Waals surface area contributed by atoms with E-state index < -0.39 is 0 Å². The minimum absolute atomic E-state index is 0.100. The first-order valence-electron chi connectivity index (χ1n) is 13.3. The summed E-state index contributed by atoms with van der Waals surface area (Å²) in [6.45, 7) is 12.6. The molecule has 2 saturated heterocycles. The van der Waals surface area contributed by atoms with Gasteiger partial charge >= 0.3 is 6.01 Å². The molecule has 0 N–H and O–H groups in total. The number of rotatable bonds is 7. The third kappa shape index (κ3) is 6.79. The molecular formula is C27H43FN4O2. The van der Waals surface area contributed by atoms with Crippen LogP contribution in [0.4, 0.5) is 10.4 Å². The lowest BCUT2D eigenvalue weighted by atomic mass is 9.80. The van der Waals surface area contributed by atoms with Crippen LogP contribution in [0.1, 0.15) is 95.6 Å². The maximum absolute atomic E-state index is 14.2. The number of likely N-dealkylation sites (tertiary alicyclic amines) is 1. The topological polar surface area (TPSA) is 54.6 Å². The molecule has 3 heterocycles. The maximum atomic E-state index is 14.2. The summed E-state index contributed by atoms with van der Waals surface area (Å²) in [5.74, 6) is 0.886. The van der Waals surface area contributed by atoms with Crippen molar-refractivity contribution in [1.29, 1.82) is 0 Å². The average molecular weight is 475 g/mol. The molecule has 0 saturated carbocycles. The van der Waals surface area contributed by atoms with Crippen molar-refractivity contribution in [1.82, 2.24) is 15.1 Å². The highest BCUT2D eigenvalue weighted by Gasteiger charge is 2.29. The minimum Gasteiger partial charge on any atom is -0.411 e. The number of halogens is 1. The van der Waals surface area contributed by atoms with Gasteiger partial charge in [0, 0.05) is 12.6 Å². The van der Waals surface area contributed by atoms with Crippen molar-refractivity contribution in [3.8, 4) is 0 Å². The van der Waals surface area contributed by atoms with Gasteiger partial charge in [-0.1, -0.05) is 45.3 Å². The number of ether oxygens (including phenoxy) is 1. The lowest BCUT2D eigenvalue weighted by molar-refractivity contribution is 0.0339. The van der Waals surface area contributed by atoms with E-state index in [-0.39, 0.29) is 5.82 Å². The highest BCUT2D eigenvalue weighted by atomic mass is 19.1. The second-order valence-electron chi connectivity index (χ2n) is 9.26. The van der Waals surface area contributed by atoms with Crippen molar-refractivity contribution in [3.05, 3.63) is 41.5 Å². The van der Waals surface area contributed by atoms with Gasteiger partial charge in [-0.15, -0.1) is 5.10 Å². The van der Waals surface area contributed by atoms with E-state index in [0.29, 0.717) is 30.6 Å². The van der Waals surface area contributed by atoms with Gasteiger partial charge in [-0.3, -0.25) is 4.90 Å². The van der Waals surface area contributed by atoms with E-state index in [1.807, 2.05) is 24.8 Å². The SMILES string of the molecule is CC.CCCC(CC)c1ccc(F)cc1C1CCN([C@H]2CCCN(c3nnco3)COC2)CC1. The normalized spacial score (nSPS) is 21.3. The molecule has 6 nitrogen and oxygen atoms in total. The lowest BCUT2D eigenvalue weighted by Crippen LogP contribution is -2.46. The Morgan fingerprint density at radius 3 is 2.59 bits per heavy atom. The fraction of sp³-hybridized carbons (Fsp3) is 0.704. The van der Waals surface area contributed by atoms with Gasteiger partial charge in [0.25, 0.3) is 0 Å². The van der Waals surface area contributed by atoms with E-state index in [9.17, 15) is 4.39 Å². The molecule has 0 aliphatic carbocycles. The van der Waals surface area contributed by atoms with Gasteiger partial charge in [-0.05, 0) is 86.7 Å². The van der Waals surface area contributed by atoms with Crippen LogP contribution >= 0.6 is 0 Å². The van der Waals surface area contributed by atoms with Crippen LogP contribution in [0, 0.1) is 5.82 Å². The highest BCUT2D eigenvalue weighted by molar-refractivity contribution is 5.34. The van der Waals surface area contributed by atoms with Crippen LogP contribution in [0.3, 0.4) is 0 Å². The van der Waals surface area contributed by atoms with Crippen LogP contribution in [-0.2, 0) is 4.74 Å². The molecule has 0 bridgehead atoms. The second kappa shape index (κ2) is 13.8. The summed E-state index contributed by atoms with van der Waals surface area (Å²) in [6.07, 6.45) is 9.15. The Morgan fingerprint density at radius 2 is 1.91 bits per heavy atom. The Kier molecular flexibility index (Phi) is 10.8. The summed E-state index contributed by atoms with van der Waals surface area (Å²) < 4.78 is 25.5. The summed E-state index contributed by atoms with van der Waals surface area (Å²) in [5.41, 5.74) is 2.64. The van der Waals surface area contributed by atoms with Gasteiger partial charge in [0.05, 0.1) is 6.61 Å². The largest absolute Gasteiger partial charge is 0.411 e. The molecule has 1 aromatic carbocycles. The molecule has 34 heavy (non-hydrogen) atoms. The first-order valence-corrected chi connectivity index (χ1v) is 13.3. The first kappa shape index (κ1) is 26.6. The number of hydrogen-bond acceptors (Lipinski definition) is 6. The van der Waals surface area contributed by atoms with Crippen LogP contribution in [0.5, 0.6) is 0 Å². The summed E-state index contributed by atoms with van der Waals surface area (Å²) in [5, 5.41) is 7.76. The van der Waals surface area contributed by atoms with Gasteiger partial charge in [0.1, 0.15) is 12.5 Å². The number of hydrogen-bond donors (Lipinski definition) is 0. The van der Waals surface area contributed by atoms with Crippen molar-refractivity contribution in [3.63, 3.8) is 0 Å². The average Bonchev–Trinajstić information content (AvgIpc) is 3.39. The molecular weight excluding hydrogens is 431 g/mol. The summed E-state index contributed by atoms with van der Waals surface area (Å²) in [7, 11) is 0. The molecule has 7 heteroatoms. The van der Waals surface area contributed by atoms with E-state index in [4.69, 9.17) is 9.15 Å². The van der Waals surface area contributed by atoms with Crippen LogP contribution in [0.25, 0.3) is 0 Å². The fourth-order valence-corrected chi connectivity index (χ4v) is 5.48. The van der Waals surface area contributed by atoms with Gasteiger partial charge in [0.15, 0.2) is 0 Å². The summed E-state index contributed by atoms with van der Waals surface area (Å²) in [4.78, 5) is 4.59. The number of benzene rings is 1. The van der Waals surface area contributed by atoms with Crippen molar-refractivity contribution < 1.29 is 13.5 Å². The molecule has 0 amide bonds. The quantitative estimate of drug-likeness (QED) is 0.466. The maximum Gasteiger partial charge on any atom is 0.319 e. The van der Waals surface area contributed by atoms with E-state index >= 15 is 0 Å². The molecule has 1 aromatic heterocycles. The van der Waals surface area contributed by atoms with Crippen molar-refractivity contribution in [2.45, 2.75) is 90.5 Å². The Balaban J connectivity index is 0.00000158. The van der Waals surface area contributed by atoms with Crippen molar-refractivity contribution in [2.24, 2.45) is 0 Å². The van der Waals surface area contributed by atoms with Gasteiger partial charge in [0.2, 0.25) is 6.39 Å². The third-order valence-electron chi connectivity index (χ3n) is 7.25. The van der Waals surface area contributed by atoms with Crippen LogP contribution in [0.2, 0.25) is 0 Å². The monoisotopic (exact) mass is 474 g/mol. The van der Waals surface area contributed by atoms with E-state index in [0.717, 1.165) is 58.3 Å². The number of piperidine rings is 1. The third-order valence-corrected chi connectivity index (χ3v) is 7.25. The summed E-state index contributed by atoms with van der Waals surface area (Å²) in [6, 6.07) is 6.49. The molecule has 2 fully saturated rings. The molecule has 0 radical (unpaired) electrons. The molecule has 190 valence electrons. The first-order chi connectivity index (χ1) is 16.7. The lowest BCUT2D eigenvalue weighted by Gasteiger charge is -2.39. The summed E-state index contributed by atoms with van der Waals surface area (Å²) >= 11 is 0. The predicted molar refractivity (Wildman–Crippen MR) is 135 cm³/mol. The molecule has 0 spiro atoms. The standard InChI is InChI=1S/C25H37FN4O2.C2H6/c1-3-6-19(4-2)23-9-8-21(26)15-24(23)20-10-13-29(14-11-20)22-7-5-12-30(18-31-16-22)25-28-27-17-32-25;1-2/h8-9,15,17,19-20,22H,3-7,10-14,16,18H2,1-2H3;1-2H3/t19?,22-;/m0./s1. The fourth-order valence-electron chi connectivity index (χ4n) is 5.48. The Bertz CT molecular complexity index is 814.